The van der Waals surface area contributed by atoms with Crippen molar-refractivity contribution >= 4 is 83.9 Å². The molecule has 4 rings (SSSR count). The van der Waals surface area contributed by atoms with E-state index in [9.17, 15) is 62.6 Å². The summed E-state index contributed by atoms with van der Waals surface area (Å²) >= 11 is 0. The number of esters is 2. The molecule has 118 heavy (non-hydrogen) atoms. The number of aliphatic imine (C=N–C) groups is 2. The van der Waals surface area contributed by atoms with Crippen LogP contribution in [0.5, 0.6) is 0 Å². The van der Waals surface area contributed by atoms with E-state index in [-0.39, 0.29) is 111 Å². The zero-order valence-corrected chi connectivity index (χ0v) is 69.7. The topological polar surface area (TPSA) is 534 Å². The third-order valence-electron chi connectivity index (χ3n) is 15.4. The molecule has 0 aliphatic carbocycles. The number of carbonyl (C=O) groups excluding carboxylic acids is 12. The van der Waals surface area contributed by atoms with Gasteiger partial charge in [-0.15, -0.1) is 6.42 Å². The SMILES string of the molecule is C#CCOCCOCCOCCOCCC(=O)N(CCOCCCNC(=O)CO[C@@H]([C@@H]1OC(C(=O)OC)=C[C@H](N=C(NC(=O)OC(C)(C)C)NC(=O)OC(C)(C)C)[C@H]1NC(C)=O)[C@H]1COC(O)O1)CCOCCCNC(=O)CO[C@@H]([C@@H]1OC(C(=O)OC)=C[C@H](N=C(NC(=O)OC(C)(C)C)NC(=O)OC(C)(C)C)C1NC(C)=O)[C@H]1COC(=O)O1. The molecule has 0 aromatic rings. The van der Waals surface area contributed by atoms with Gasteiger partial charge in [-0.25, -0.2) is 43.5 Å². The standard InChI is InChI=1S/C74H117N11O33/c1-18-26-101-32-34-105-36-37-106-35-33-104-29-21-54(90)85(24-30-102-27-19-22-75-52(88)42-107-57(50-40-109-69(97)113-50)59-55(77-44(2)86)46(38-48(111-59)61(91)99-16)79-63(81-65(93)115-71(4,5)6)82-66(94)116-72(7,8)9)25-31-103-28-20-23-76-53(89)43-108-58(51-41-110-70(98)114-51)60-56(78-45(3)87)47(39-49(112-60)62(92)100-17)80-64(83-67(95)117-73(10,11)12)84-68(96)118-74(13,14)15/h1,38-39,46-47,50-51,55-60,69,97H,19-37,40-43H2,2-17H3,(H,75,88)(H,76,89)(H,77,86)(H,78,87)(H2,79,81,82,93,94)(H2,80,83,84,95,96)/t46-,47-,50+,51+,55+,56?,57+,58+,59+,60+,69?/m0/s1. The number of aliphatic hydroxyl groups is 1. The van der Waals surface area contributed by atoms with Gasteiger partial charge in [-0.3, -0.25) is 45.2 Å². The molecule has 0 bridgehead atoms. The van der Waals surface area contributed by atoms with Crippen molar-refractivity contribution in [2.24, 2.45) is 9.98 Å². The van der Waals surface area contributed by atoms with Crippen LogP contribution in [0, 0.1) is 12.3 Å². The summed E-state index contributed by atoms with van der Waals surface area (Å²) < 4.78 is 111. The van der Waals surface area contributed by atoms with Gasteiger partial charge in [0.15, 0.2) is 18.3 Å². The number of alkyl carbamates (subject to hydrolysis) is 4. The minimum atomic E-state index is -1.77. The molecule has 666 valence electrons. The van der Waals surface area contributed by atoms with E-state index in [4.69, 9.17) is 101 Å². The van der Waals surface area contributed by atoms with Gasteiger partial charge in [0.1, 0.15) is 67.1 Å². The van der Waals surface area contributed by atoms with Crippen LogP contribution < -0.4 is 42.5 Å². The number of terminal acetylenes is 1. The number of carbonyl (C=O) groups is 12. The highest BCUT2D eigenvalue weighted by molar-refractivity contribution is 6.02. The van der Waals surface area contributed by atoms with Gasteiger partial charge in [-0.2, -0.15) is 0 Å². The van der Waals surface area contributed by atoms with Crippen molar-refractivity contribution < 1.29 is 157 Å². The van der Waals surface area contributed by atoms with Crippen molar-refractivity contribution in [2.45, 2.75) is 206 Å². The number of ether oxygens (including phenoxy) is 20. The van der Waals surface area contributed by atoms with Gasteiger partial charge in [0.2, 0.25) is 53.0 Å². The fourth-order valence-electron chi connectivity index (χ4n) is 10.7. The Bertz CT molecular complexity index is 3410. The zero-order valence-electron chi connectivity index (χ0n) is 69.7. The lowest BCUT2D eigenvalue weighted by atomic mass is 9.92. The molecule has 0 spiro atoms. The molecule has 0 aromatic carbocycles. The van der Waals surface area contributed by atoms with E-state index in [1.54, 1.807) is 83.1 Å². The highest BCUT2D eigenvalue weighted by Gasteiger charge is 2.51. The van der Waals surface area contributed by atoms with E-state index < -0.39 is 199 Å². The fraction of sp³-hybridized carbons (Fsp3) is 0.730. The molecular formula is C74H117N11O33. The number of rotatable bonds is 43. The van der Waals surface area contributed by atoms with E-state index >= 15 is 0 Å². The van der Waals surface area contributed by atoms with E-state index in [2.05, 4.69) is 58.4 Å². The minimum absolute atomic E-state index is 0.0264. The molecule has 2 saturated heterocycles. The van der Waals surface area contributed by atoms with Crippen LogP contribution in [0.1, 0.15) is 116 Å². The first-order valence-electron chi connectivity index (χ1n) is 37.9. The lowest BCUT2D eigenvalue weighted by Crippen LogP contribution is -2.61. The molecule has 0 radical (unpaired) electrons. The molecular weight excluding hydrogens is 1570 g/mol. The lowest BCUT2D eigenvalue weighted by Gasteiger charge is -2.40. The fourth-order valence-corrected chi connectivity index (χ4v) is 10.7. The van der Waals surface area contributed by atoms with Crippen LogP contribution in [0.4, 0.5) is 24.0 Å². The molecule has 4 heterocycles. The third kappa shape index (κ3) is 41.0. The molecule has 9 amide bonds. The van der Waals surface area contributed by atoms with Gasteiger partial charge in [-0.1, -0.05) is 5.92 Å². The number of nitrogens with one attached hydrogen (secondary N) is 8. The van der Waals surface area contributed by atoms with Gasteiger partial charge in [0, 0.05) is 53.2 Å². The van der Waals surface area contributed by atoms with Gasteiger partial charge in [0.25, 0.3) is 6.48 Å². The Balaban J connectivity index is 1.42. The largest absolute Gasteiger partial charge is 0.508 e. The molecule has 0 saturated carbocycles. The predicted octanol–water partition coefficient (Wildman–Crippen LogP) is 0.416. The monoisotopic (exact) mass is 1690 g/mol. The maximum Gasteiger partial charge on any atom is 0.508 e. The summed E-state index contributed by atoms with van der Waals surface area (Å²) in [6.45, 7) is 19.8. The van der Waals surface area contributed by atoms with Gasteiger partial charge in [0.05, 0.1) is 111 Å². The van der Waals surface area contributed by atoms with Crippen molar-refractivity contribution in [3.63, 3.8) is 0 Å². The number of hydrogen-bond donors (Lipinski definition) is 9. The molecule has 11 atom stereocenters. The normalized spacial score (nSPS) is 20.2. The van der Waals surface area contributed by atoms with Crippen LogP contribution in [-0.4, -0.2) is 330 Å². The van der Waals surface area contributed by atoms with Gasteiger partial charge < -0.3 is 126 Å². The average Bonchev–Trinajstić information content (AvgIpc) is 1.23. The molecule has 44 nitrogen and oxygen atoms in total. The Kier molecular flexibility index (Phi) is 43.3. The lowest BCUT2D eigenvalue weighted by molar-refractivity contribution is -0.221. The molecule has 0 aromatic heterocycles. The first kappa shape index (κ1) is 101. The molecule has 2 fully saturated rings. The number of nitrogens with zero attached hydrogens (tertiary/aromatic N) is 3. The first-order valence-corrected chi connectivity index (χ1v) is 37.9. The molecule has 9 N–H and O–H groups in total. The van der Waals surface area contributed by atoms with E-state index in [1.807, 2.05) is 0 Å². The maximum absolute atomic E-state index is 13.7. The van der Waals surface area contributed by atoms with E-state index in [0.717, 1.165) is 40.2 Å². The van der Waals surface area contributed by atoms with Gasteiger partial charge >= 0.3 is 42.5 Å². The van der Waals surface area contributed by atoms with Crippen LogP contribution in [0.15, 0.2) is 33.7 Å². The first-order chi connectivity index (χ1) is 55.6. The highest BCUT2D eigenvalue weighted by Crippen LogP contribution is 2.32. The summed E-state index contributed by atoms with van der Waals surface area (Å²) in [5, 5.41) is 30.5. The number of methoxy groups -OCH3 is 2. The summed E-state index contributed by atoms with van der Waals surface area (Å²) in [6, 6.07) is -5.61. The summed E-state index contributed by atoms with van der Waals surface area (Å²) in [6.07, 6.45) is -6.12. The smallest absolute Gasteiger partial charge is 0.478 e. The Morgan fingerprint density at radius 2 is 0.915 bits per heavy atom. The molecule has 2 unspecified atom stereocenters. The Morgan fingerprint density at radius 3 is 1.26 bits per heavy atom. The summed E-state index contributed by atoms with van der Waals surface area (Å²) in [7, 11) is 2.11. The van der Waals surface area contributed by atoms with Crippen molar-refractivity contribution in [3.8, 4) is 12.3 Å². The number of aliphatic hydroxyl groups excluding tert-OH is 1. The second-order valence-corrected chi connectivity index (χ2v) is 30.0. The molecule has 44 heteroatoms. The highest BCUT2D eigenvalue weighted by atomic mass is 16.8. The summed E-state index contributed by atoms with van der Waals surface area (Å²) in [4.78, 5) is 169. The van der Waals surface area contributed by atoms with Crippen LogP contribution in [0.2, 0.25) is 0 Å². The second-order valence-electron chi connectivity index (χ2n) is 30.0. The maximum atomic E-state index is 13.7. The molecule has 4 aliphatic rings. The van der Waals surface area contributed by atoms with Crippen molar-refractivity contribution in [1.82, 2.24) is 47.4 Å². The zero-order chi connectivity index (χ0) is 87.8. The number of amides is 9. The van der Waals surface area contributed by atoms with Crippen LogP contribution >= 0.6 is 0 Å². The van der Waals surface area contributed by atoms with Crippen molar-refractivity contribution in [2.75, 3.05) is 146 Å². The second kappa shape index (κ2) is 50.8. The summed E-state index contributed by atoms with van der Waals surface area (Å²) in [5.41, 5.74) is -4.10. The third-order valence-corrected chi connectivity index (χ3v) is 15.4. The van der Waals surface area contributed by atoms with E-state index in [1.165, 1.54) is 4.90 Å². The minimum Gasteiger partial charge on any atom is -0.478 e. The quantitative estimate of drug-likeness (QED) is 0.00997. The van der Waals surface area contributed by atoms with Crippen LogP contribution in [0.25, 0.3) is 0 Å². The summed E-state index contributed by atoms with van der Waals surface area (Å²) in [5.74, 6) is -4.83. The van der Waals surface area contributed by atoms with E-state index in [0.29, 0.717) is 26.4 Å². The number of hydrogen-bond acceptors (Lipinski definition) is 35. The Morgan fingerprint density at radius 1 is 0.534 bits per heavy atom. The average molecular weight is 1690 g/mol. The van der Waals surface area contributed by atoms with Crippen molar-refractivity contribution in [3.05, 3.63) is 23.7 Å². The number of guanidine groups is 2. The molecule has 4 aliphatic heterocycles. The van der Waals surface area contributed by atoms with Gasteiger partial charge in [-0.05, 0) is 108 Å². The van der Waals surface area contributed by atoms with Crippen LogP contribution in [-0.2, 0) is 128 Å². The van der Waals surface area contributed by atoms with Crippen LogP contribution in [0.3, 0.4) is 0 Å². The Labute approximate surface area is 684 Å². The predicted molar refractivity (Wildman–Crippen MR) is 408 cm³/mol. The Hall–Kier alpha value is -9.82. The van der Waals surface area contributed by atoms with Crippen molar-refractivity contribution in [1.29, 1.82) is 0 Å². The number of cyclic esters (lactones) is 2.